The quantitative estimate of drug-likeness (QED) is 0.632. The summed E-state index contributed by atoms with van der Waals surface area (Å²) in [5, 5.41) is 23.9. The van der Waals surface area contributed by atoms with Crippen LogP contribution in [-0.2, 0) is 4.79 Å². The van der Waals surface area contributed by atoms with E-state index in [1.807, 2.05) is 17.0 Å². The van der Waals surface area contributed by atoms with Crippen LogP contribution in [0.3, 0.4) is 0 Å². The molecule has 0 bridgehead atoms. The lowest BCUT2D eigenvalue weighted by atomic mass is 10.2. The predicted molar refractivity (Wildman–Crippen MR) is 77.9 cm³/mol. The highest BCUT2D eigenvalue weighted by Crippen LogP contribution is 2.14. The summed E-state index contributed by atoms with van der Waals surface area (Å²) in [5.74, 6) is -0.501. The minimum absolute atomic E-state index is 0.0321. The van der Waals surface area contributed by atoms with Crippen molar-refractivity contribution in [2.24, 2.45) is 0 Å². The first kappa shape index (κ1) is 14.6. The summed E-state index contributed by atoms with van der Waals surface area (Å²) in [6.45, 7) is 3.17. The number of amides is 1. The standard InChI is InChI=1S/C15H15N5O/c16-9-12-3-1-2-4-14(12)19-15(21)13(10-17)11-20-7-5-18-6-8-20/h1-4,11,18H,5-8H2,(H,19,21)/b13-11-. The number of nitriles is 2. The van der Waals surface area contributed by atoms with Gasteiger partial charge in [0.05, 0.1) is 11.3 Å². The predicted octanol–water partition coefficient (Wildman–Crippen LogP) is 0.809. The molecule has 0 saturated carbocycles. The SMILES string of the molecule is N#C/C(=C/N1CCNCC1)C(=O)Nc1ccccc1C#N. The Balaban J connectivity index is 2.12. The Hall–Kier alpha value is -2.83. The molecular weight excluding hydrogens is 266 g/mol. The number of nitrogens with zero attached hydrogens (tertiary/aromatic N) is 3. The molecule has 6 nitrogen and oxygen atoms in total. The lowest BCUT2D eigenvalue weighted by molar-refractivity contribution is -0.112. The van der Waals surface area contributed by atoms with Gasteiger partial charge in [-0.05, 0) is 12.1 Å². The Morgan fingerprint density at radius 2 is 2.00 bits per heavy atom. The molecule has 1 aromatic carbocycles. The van der Waals surface area contributed by atoms with Crippen molar-refractivity contribution in [1.29, 1.82) is 10.5 Å². The Morgan fingerprint density at radius 3 is 2.67 bits per heavy atom. The first-order chi connectivity index (χ1) is 10.2. The summed E-state index contributed by atoms with van der Waals surface area (Å²) in [5.41, 5.74) is 0.807. The number of para-hydroxylation sites is 1. The number of hydrogen-bond acceptors (Lipinski definition) is 5. The second kappa shape index (κ2) is 7.09. The van der Waals surface area contributed by atoms with Gasteiger partial charge in [0.1, 0.15) is 17.7 Å². The molecule has 1 aliphatic heterocycles. The number of rotatable bonds is 3. The highest BCUT2D eigenvalue weighted by atomic mass is 16.1. The molecule has 1 saturated heterocycles. The van der Waals surface area contributed by atoms with E-state index in [0.29, 0.717) is 11.3 Å². The third-order valence-electron chi connectivity index (χ3n) is 3.12. The fraction of sp³-hybridized carbons (Fsp3) is 0.267. The average Bonchev–Trinajstić information content (AvgIpc) is 2.54. The maximum Gasteiger partial charge on any atom is 0.267 e. The molecule has 2 rings (SSSR count). The van der Waals surface area contributed by atoms with E-state index in [4.69, 9.17) is 10.5 Å². The van der Waals surface area contributed by atoms with Crippen molar-refractivity contribution in [1.82, 2.24) is 10.2 Å². The number of benzene rings is 1. The van der Waals surface area contributed by atoms with Crippen LogP contribution in [0.2, 0.25) is 0 Å². The number of carbonyl (C=O) groups excluding carboxylic acids is 1. The molecule has 2 N–H and O–H groups in total. The first-order valence-corrected chi connectivity index (χ1v) is 6.62. The first-order valence-electron chi connectivity index (χ1n) is 6.62. The molecular formula is C15H15N5O. The van der Waals surface area contributed by atoms with Crippen molar-refractivity contribution in [2.45, 2.75) is 0 Å². The zero-order valence-electron chi connectivity index (χ0n) is 11.5. The summed E-state index contributed by atoms with van der Waals surface area (Å²) in [6.07, 6.45) is 1.57. The molecule has 0 unspecified atom stereocenters. The van der Waals surface area contributed by atoms with Gasteiger partial charge in [0.25, 0.3) is 5.91 Å². The normalized spacial score (nSPS) is 15.0. The fourth-order valence-corrected chi connectivity index (χ4v) is 2.01. The highest BCUT2D eigenvalue weighted by molar-refractivity contribution is 6.07. The largest absolute Gasteiger partial charge is 0.374 e. The van der Waals surface area contributed by atoms with E-state index in [2.05, 4.69) is 10.6 Å². The van der Waals surface area contributed by atoms with Crippen molar-refractivity contribution in [3.05, 3.63) is 41.6 Å². The molecule has 0 spiro atoms. The summed E-state index contributed by atoms with van der Waals surface area (Å²) >= 11 is 0. The number of nitrogens with one attached hydrogen (secondary N) is 2. The minimum Gasteiger partial charge on any atom is -0.374 e. The Bertz CT molecular complexity index is 632. The monoisotopic (exact) mass is 281 g/mol. The fourth-order valence-electron chi connectivity index (χ4n) is 2.01. The van der Waals surface area contributed by atoms with Crippen LogP contribution in [-0.4, -0.2) is 37.0 Å². The van der Waals surface area contributed by atoms with Crippen LogP contribution in [0.25, 0.3) is 0 Å². The lowest BCUT2D eigenvalue weighted by Crippen LogP contribution is -2.41. The van der Waals surface area contributed by atoms with E-state index in [0.717, 1.165) is 26.2 Å². The molecule has 0 radical (unpaired) electrons. The molecule has 1 aliphatic rings. The third kappa shape index (κ3) is 3.82. The van der Waals surface area contributed by atoms with Gasteiger partial charge < -0.3 is 15.5 Å². The van der Waals surface area contributed by atoms with Crippen molar-refractivity contribution < 1.29 is 4.79 Å². The van der Waals surface area contributed by atoms with Gasteiger partial charge in [-0.1, -0.05) is 12.1 Å². The van der Waals surface area contributed by atoms with Crippen molar-refractivity contribution >= 4 is 11.6 Å². The van der Waals surface area contributed by atoms with E-state index in [1.54, 1.807) is 30.5 Å². The van der Waals surface area contributed by atoms with Crippen molar-refractivity contribution in [3.63, 3.8) is 0 Å². The van der Waals surface area contributed by atoms with E-state index in [9.17, 15) is 4.79 Å². The Labute approximate surface area is 123 Å². The number of piperazine rings is 1. The number of hydrogen-bond donors (Lipinski definition) is 2. The molecule has 1 aromatic rings. The van der Waals surface area contributed by atoms with Gasteiger partial charge in [0.2, 0.25) is 0 Å². The van der Waals surface area contributed by atoms with E-state index < -0.39 is 5.91 Å². The summed E-state index contributed by atoms with van der Waals surface area (Å²) < 4.78 is 0. The van der Waals surface area contributed by atoms with Gasteiger partial charge >= 0.3 is 0 Å². The maximum absolute atomic E-state index is 12.1. The smallest absolute Gasteiger partial charge is 0.267 e. The van der Waals surface area contributed by atoms with E-state index in [-0.39, 0.29) is 5.57 Å². The van der Waals surface area contributed by atoms with Crippen LogP contribution < -0.4 is 10.6 Å². The van der Waals surface area contributed by atoms with Gasteiger partial charge in [-0.3, -0.25) is 4.79 Å². The maximum atomic E-state index is 12.1. The molecule has 1 heterocycles. The summed E-state index contributed by atoms with van der Waals surface area (Å²) in [4.78, 5) is 14.1. The average molecular weight is 281 g/mol. The van der Waals surface area contributed by atoms with Gasteiger partial charge in [-0.2, -0.15) is 10.5 Å². The minimum atomic E-state index is -0.501. The highest BCUT2D eigenvalue weighted by Gasteiger charge is 2.14. The number of carbonyl (C=O) groups is 1. The molecule has 1 amide bonds. The van der Waals surface area contributed by atoms with Gasteiger partial charge in [-0.25, -0.2) is 0 Å². The van der Waals surface area contributed by atoms with Crippen LogP contribution in [0.1, 0.15) is 5.56 Å². The zero-order valence-corrected chi connectivity index (χ0v) is 11.5. The second-order valence-electron chi connectivity index (χ2n) is 4.55. The van der Waals surface area contributed by atoms with Crippen molar-refractivity contribution in [2.75, 3.05) is 31.5 Å². The van der Waals surface area contributed by atoms with Crippen LogP contribution >= 0.6 is 0 Å². The molecule has 1 fully saturated rings. The molecule has 0 aliphatic carbocycles. The lowest BCUT2D eigenvalue weighted by Gasteiger charge is -2.26. The molecule has 0 aromatic heterocycles. The third-order valence-corrected chi connectivity index (χ3v) is 3.12. The van der Waals surface area contributed by atoms with Crippen LogP contribution in [0.4, 0.5) is 5.69 Å². The molecule has 0 atom stereocenters. The topological polar surface area (TPSA) is 91.9 Å². The molecule has 106 valence electrons. The van der Waals surface area contributed by atoms with Gasteiger partial charge in [0.15, 0.2) is 0 Å². The summed E-state index contributed by atoms with van der Waals surface area (Å²) in [7, 11) is 0. The van der Waals surface area contributed by atoms with Crippen LogP contribution in [0.15, 0.2) is 36.0 Å². The van der Waals surface area contributed by atoms with Crippen LogP contribution in [0.5, 0.6) is 0 Å². The number of anilines is 1. The van der Waals surface area contributed by atoms with Crippen molar-refractivity contribution in [3.8, 4) is 12.1 Å². The Morgan fingerprint density at radius 1 is 1.29 bits per heavy atom. The Kier molecular flexibility index (Phi) is 4.92. The summed E-state index contributed by atoms with van der Waals surface area (Å²) in [6, 6.07) is 10.6. The van der Waals surface area contributed by atoms with Crippen LogP contribution in [0, 0.1) is 22.7 Å². The van der Waals surface area contributed by atoms with E-state index >= 15 is 0 Å². The second-order valence-corrected chi connectivity index (χ2v) is 4.55. The van der Waals surface area contributed by atoms with Gasteiger partial charge in [-0.15, -0.1) is 0 Å². The van der Waals surface area contributed by atoms with Gasteiger partial charge in [0, 0.05) is 32.4 Å². The van der Waals surface area contributed by atoms with E-state index in [1.165, 1.54) is 0 Å². The molecule has 21 heavy (non-hydrogen) atoms. The molecule has 6 heteroatoms. The zero-order chi connectivity index (χ0) is 15.1.